The summed E-state index contributed by atoms with van der Waals surface area (Å²) in [5.74, 6) is -1.36. The van der Waals surface area contributed by atoms with Crippen LogP contribution in [0.3, 0.4) is 0 Å². The smallest absolute Gasteiger partial charge is 0.421 e. The van der Waals surface area contributed by atoms with Gasteiger partial charge in [0.15, 0.2) is 0 Å². The first-order valence-electron chi connectivity index (χ1n) is 3.98. The van der Waals surface area contributed by atoms with Crippen molar-refractivity contribution in [2.24, 2.45) is 0 Å². The zero-order valence-electron chi connectivity index (χ0n) is 8.18. The maximum Gasteiger partial charge on any atom is 0.421 e. The van der Waals surface area contributed by atoms with E-state index in [-0.39, 0.29) is 6.61 Å². The van der Waals surface area contributed by atoms with Gasteiger partial charge in [-0.15, -0.1) is 0 Å². The summed E-state index contributed by atoms with van der Waals surface area (Å²) >= 11 is 0. The molecule has 0 saturated carbocycles. The van der Waals surface area contributed by atoms with E-state index in [1.807, 2.05) is 0 Å². The molecule has 0 spiro atoms. The fourth-order valence-electron chi connectivity index (χ4n) is 0.583. The number of carboxylic acids is 1. The second kappa shape index (κ2) is 5.51. The Labute approximate surface area is 86.8 Å². The normalized spacial score (nSPS) is 12.9. The molecule has 9 heteroatoms. The van der Waals surface area contributed by atoms with Crippen molar-refractivity contribution >= 4 is 22.3 Å². The molecule has 15 heavy (non-hydrogen) atoms. The lowest BCUT2D eigenvalue weighted by Gasteiger charge is -2.10. The Morgan fingerprint density at radius 1 is 1.47 bits per heavy atom. The second-order valence-electron chi connectivity index (χ2n) is 2.50. The molecule has 0 heterocycles. The molecule has 0 rings (SSSR count). The van der Waals surface area contributed by atoms with Crippen LogP contribution in [0.5, 0.6) is 0 Å². The number of carbonyl (C=O) groups is 2. The van der Waals surface area contributed by atoms with E-state index in [1.165, 1.54) is 11.6 Å². The molecular weight excluding hydrogens is 228 g/mol. The Morgan fingerprint density at radius 3 is 2.40 bits per heavy atom. The van der Waals surface area contributed by atoms with Gasteiger partial charge in [-0.25, -0.2) is 9.52 Å². The molecule has 0 aliphatic rings. The highest BCUT2D eigenvalue weighted by Crippen LogP contribution is 1.87. The standard InChI is InChI=1S/C6H12N2O6S/c1-3-14-6(11)8-15(12,13)7-4(2)5(9)10/h4,7H,3H2,1-2H3,(H,8,11)(H,9,10)/t4-/m0/s1. The van der Waals surface area contributed by atoms with E-state index in [0.29, 0.717) is 0 Å². The van der Waals surface area contributed by atoms with Gasteiger partial charge in [0.2, 0.25) is 0 Å². The van der Waals surface area contributed by atoms with Crippen LogP contribution in [-0.4, -0.2) is 38.2 Å². The van der Waals surface area contributed by atoms with Crippen molar-refractivity contribution in [1.29, 1.82) is 0 Å². The van der Waals surface area contributed by atoms with Crippen LogP contribution in [0.15, 0.2) is 0 Å². The zero-order valence-corrected chi connectivity index (χ0v) is 9.00. The average molecular weight is 240 g/mol. The predicted octanol–water partition coefficient (Wildman–Crippen LogP) is -0.960. The second-order valence-corrected chi connectivity index (χ2v) is 3.95. The maximum absolute atomic E-state index is 11.0. The quantitative estimate of drug-likeness (QED) is 0.569. The monoisotopic (exact) mass is 240 g/mol. The van der Waals surface area contributed by atoms with E-state index >= 15 is 0 Å². The van der Waals surface area contributed by atoms with Crippen molar-refractivity contribution in [2.75, 3.05) is 6.61 Å². The van der Waals surface area contributed by atoms with E-state index < -0.39 is 28.3 Å². The summed E-state index contributed by atoms with van der Waals surface area (Å²) in [7, 11) is -4.20. The number of ether oxygens (including phenoxy) is 1. The summed E-state index contributed by atoms with van der Waals surface area (Å²) in [4.78, 5) is 21.0. The van der Waals surface area contributed by atoms with Gasteiger partial charge in [-0.3, -0.25) is 4.79 Å². The zero-order chi connectivity index (χ0) is 12.1. The van der Waals surface area contributed by atoms with Gasteiger partial charge in [0.1, 0.15) is 6.04 Å². The van der Waals surface area contributed by atoms with Crippen molar-refractivity contribution in [3.8, 4) is 0 Å². The van der Waals surface area contributed by atoms with Gasteiger partial charge in [-0.2, -0.15) is 13.1 Å². The van der Waals surface area contributed by atoms with Gasteiger partial charge in [0.25, 0.3) is 0 Å². The molecule has 0 saturated heterocycles. The topological polar surface area (TPSA) is 122 Å². The third kappa shape index (κ3) is 5.86. The highest BCUT2D eigenvalue weighted by Gasteiger charge is 2.21. The van der Waals surface area contributed by atoms with Crippen LogP contribution in [0, 0.1) is 0 Å². The number of hydrogen-bond donors (Lipinski definition) is 3. The fourth-order valence-corrected chi connectivity index (χ4v) is 1.49. The van der Waals surface area contributed by atoms with Crippen molar-refractivity contribution in [1.82, 2.24) is 9.44 Å². The first-order valence-corrected chi connectivity index (χ1v) is 5.46. The molecule has 8 nitrogen and oxygen atoms in total. The predicted molar refractivity (Wildman–Crippen MR) is 49.3 cm³/mol. The van der Waals surface area contributed by atoms with Gasteiger partial charge in [-0.1, -0.05) is 0 Å². The van der Waals surface area contributed by atoms with Crippen molar-refractivity contribution in [3.63, 3.8) is 0 Å². The Bertz CT molecular complexity index is 338. The van der Waals surface area contributed by atoms with E-state index in [4.69, 9.17) is 5.11 Å². The molecule has 0 fully saturated rings. The van der Waals surface area contributed by atoms with Crippen LogP contribution in [0.1, 0.15) is 13.8 Å². The van der Waals surface area contributed by atoms with E-state index in [0.717, 1.165) is 6.92 Å². The molecular formula is C6H12N2O6S. The van der Waals surface area contributed by atoms with Crippen LogP contribution in [0.25, 0.3) is 0 Å². The summed E-state index contributed by atoms with van der Waals surface area (Å²) in [6.07, 6.45) is -1.16. The Kier molecular flexibility index (Phi) is 5.02. The summed E-state index contributed by atoms with van der Waals surface area (Å²) in [5.41, 5.74) is 0. The van der Waals surface area contributed by atoms with Gasteiger partial charge in [-0.05, 0) is 13.8 Å². The Balaban J connectivity index is 4.32. The fraction of sp³-hybridized carbons (Fsp3) is 0.667. The molecule has 0 aromatic rings. The van der Waals surface area contributed by atoms with Crippen LogP contribution in [0.2, 0.25) is 0 Å². The van der Waals surface area contributed by atoms with Gasteiger partial charge in [0, 0.05) is 0 Å². The third-order valence-corrected chi connectivity index (χ3v) is 2.29. The Hall–Kier alpha value is -1.35. The third-order valence-electron chi connectivity index (χ3n) is 1.20. The highest BCUT2D eigenvalue weighted by molar-refractivity contribution is 7.88. The van der Waals surface area contributed by atoms with E-state index in [9.17, 15) is 18.0 Å². The SMILES string of the molecule is CCOC(=O)NS(=O)(=O)N[C@@H](C)C(=O)O. The number of hydrogen-bond acceptors (Lipinski definition) is 5. The van der Waals surface area contributed by atoms with Crippen molar-refractivity contribution in [2.45, 2.75) is 19.9 Å². The lowest BCUT2D eigenvalue weighted by atomic mass is 10.4. The first kappa shape index (κ1) is 13.7. The Morgan fingerprint density at radius 2 is 2.00 bits per heavy atom. The maximum atomic E-state index is 11.0. The minimum absolute atomic E-state index is 0.00976. The summed E-state index contributed by atoms with van der Waals surface area (Å²) < 4.78 is 29.6. The van der Waals surface area contributed by atoms with Crippen molar-refractivity contribution < 1.29 is 27.9 Å². The number of nitrogens with one attached hydrogen (secondary N) is 2. The van der Waals surface area contributed by atoms with Gasteiger partial charge >= 0.3 is 22.3 Å². The molecule has 0 bridgehead atoms. The highest BCUT2D eigenvalue weighted by atomic mass is 32.2. The molecule has 88 valence electrons. The number of carbonyl (C=O) groups excluding carboxylic acids is 1. The molecule has 1 atom stereocenters. The molecule has 3 N–H and O–H groups in total. The average Bonchev–Trinajstić information content (AvgIpc) is 2.01. The summed E-state index contributed by atoms with van der Waals surface area (Å²) in [6, 6.07) is -1.34. The molecule has 0 aromatic heterocycles. The number of aliphatic carboxylic acids is 1. The molecule has 0 aromatic carbocycles. The van der Waals surface area contributed by atoms with Crippen molar-refractivity contribution in [3.05, 3.63) is 0 Å². The molecule has 0 radical (unpaired) electrons. The van der Waals surface area contributed by atoms with Gasteiger partial charge in [0.05, 0.1) is 6.61 Å². The van der Waals surface area contributed by atoms with Crippen LogP contribution in [-0.2, 0) is 19.7 Å². The lowest BCUT2D eigenvalue weighted by Crippen LogP contribution is -2.46. The molecule has 0 unspecified atom stereocenters. The number of carboxylic acid groups (broad SMARTS) is 1. The largest absolute Gasteiger partial charge is 0.480 e. The minimum Gasteiger partial charge on any atom is -0.480 e. The first-order chi connectivity index (χ1) is 6.78. The minimum atomic E-state index is -4.20. The molecule has 1 amide bonds. The lowest BCUT2D eigenvalue weighted by molar-refractivity contribution is -0.138. The number of amides is 1. The van der Waals surface area contributed by atoms with E-state index in [1.54, 1.807) is 4.72 Å². The molecule has 0 aliphatic heterocycles. The number of rotatable bonds is 5. The summed E-state index contributed by atoms with van der Waals surface area (Å²) in [5, 5.41) is 8.41. The summed E-state index contributed by atoms with van der Waals surface area (Å²) in [6.45, 7) is 2.63. The van der Waals surface area contributed by atoms with Crippen LogP contribution >= 0.6 is 0 Å². The van der Waals surface area contributed by atoms with E-state index in [2.05, 4.69) is 4.74 Å². The molecule has 0 aliphatic carbocycles. The van der Waals surface area contributed by atoms with Gasteiger partial charge < -0.3 is 9.84 Å². The van der Waals surface area contributed by atoms with Crippen LogP contribution < -0.4 is 9.44 Å². The van der Waals surface area contributed by atoms with Crippen LogP contribution in [0.4, 0.5) is 4.79 Å².